The third-order valence-electron chi connectivity index (χ3n) is 2.95. The largest absolute Gasteiger partial charge is 0.399 e. The summed E-state index contributed by atoms with van der Waals surface area (Å²) in [6.45, 7) is 0.593. The first-order chi connectivity index (χ1) is 9.56. The Morgan fingerprint density at radius 1 is 1.15 bits per heavy atom. The standard InChI is InChI=1S/C15H16FN3O/c16-11-3-1-10(2-4-11)7-8-19-14-9-12(17)5-6-13(14)15(18)20/h1-6,9,19H,7-8,17H2,(H2,18,20). The second-order valence-electron chi connectivity index (χ2n) is 4.47. The Labute approximate surface area is 116 Å². The number of nitrogens with two attached hydrogens (primary N) is 2. The zero-order valence-corrected chi connectivity index (χ0v) is 10.9. The predicted molar refractivity (Wildman–Crippen MR) is 78.0 cm³/mol. The second-order valence-corrected chi connectivity index (χ2v) is 4.47. The van der Waals surface area contributed by atoms with E-state index in [9.17, 15) is 9.18 Å². The van der Waals surface area contributed by atoms with E-state index in [1.54, 1.807) is 30.3 Å². The van der Waals surface area contributed by atoms with Gasteiger partial charge in [0.25, 0.3) is 5.91 Å². The molecule has 0 fully saturated rings. The van der Waals surface area contributed by atoms with Gasteiger partial charge in [0.2, 0.25) is 0 Å². The Morgan fingerprint density at radius 3 is 2.50 bits per heavy atom. The van der Waals surface area contributed by atoms with Crippen LogP contribution in [-0.2, 0) is 6.42 Å². The Bertz CT molecular complexity index is 611. The molecule has 0 radical (unpaired) electrons. The Kier molecular flexibility index (Phi) is 4.20. The molecule has 0 atom stereocenters. The molecule has 0 unspecified atom stereocenters. The van der Waals surface area contributed by atoms with Gasteiger partial charge in [0.05, 0.1) is 5.56 Å². The fourth-order valence-corrected chi connectivity index (χ4v) is 1.92. The lowest BCUT2D eigenvalue weighted by Crippen LogP contribution is -2.15. The van der Waals surface area contributed by atoms with Crippen molar-refractivity contribution in [3.05, 3.63) is 59.4 Å². The number of anilines is 2. The smallest absolute Gasteiger partial charge is 0.250 e. The first kappa shape index (κ1) is 13.9. The third-order valence-corrected chi connectivity index (χ3v) is 2.95. The molecule has 0 aliphatic rings. The normalized spacial score (nSPS) is 10.2. The fourth-order valence-electron chi connectivity index (χ4n) is 1.92. The van der Waals surface area contributed by atoms with E-state index in [1.807, 2.05) is 0 Å². The van der Waals surface area contributed by atoms with Crippen LogP contribution in [0.4, 0.5) is 15.8 Å². The summed E-state index contributed by atoms with van der Waals surface area (Å²) in [6, 6.07) is 11.2. The molecule has 0 aliphatic carbocycles. The molecule has 5 heteroatoms. The molecule has 0 bridgehead atoms. The van der Waals surface area contributed by atoms with E-state index in [-0.39, 0.29) is 5.82 Å². The van der Waals surface area contributed by atoms with Crippen LogP contribution in [0.25, 0.3) is 0 Å². The molecule has 0 saturated heterocycles. The van der Waals surface area contributed by atoms with Crippen molar-refractivity contribution in [1.29, 1.82) is 0 Å². The number of carbonyl (C=O) groups is 1. The van der Waals surface area contributed by atoms with Crippen molar-refractivity contribution >= 4 is 17.3 Å². The molecule has 2 rings (SSSR count). The zero-order valence-electron chi connectivity index (χ0n) is 10.9. The summed E-state index contributed by atoms with van der Waals surface area (Å²) >= 11 is 0. The molecule has 0 saturated carbocycles. The number of nitrogens with one attached hydrogen (secondary N) is 1. The van der Waals surface area contributed by atoms with Crippen molar-refractivity contribution in [2.45, 2.75) is 6.42 Å². The van der Waals surface area contributed by atoms with Gasteiger partial charge in [-0.15, -0.1) is 0 Å². The maximum Gasteiger partial charge on any atom is 0.250 e. The Morgan fingerprint density at radius 2 is 1.85 bits per heavy atom. The maximum atomic E-state index is 12.8. The van der Waals surface area contributed by atoms with E-state index >= 15 is 0 Å². The maximum absolute atomic E-state index is 12.8. The number of hydrogen-bond acceptors (Lipinski definition) is 3. The zero-order chi connectivity index (χ0) is 14.5. The van der Waals surface area contributed by atoms with Gasteiger partial charge < -0.3 is 16.8 Å². The number of primary amides is 1. The minimum absolute atomic E-state index is 0.256. The van der Waals surface area contributed by atoms with E-state index in [2.05, 4.69) is 5.32 Å². The van der Waals surface area contributed by atoms with Gasteiger partial charge in [0.1, 0.15) is 5.82 Å². The van der Waals surface area contributed by atoms with Gasteiger partial charge in [0, 0.05) is 17.9 Å². The molecule has 0 aliphatic heterocycles. The SMILES string of the molecule is NC(=O)c1ccc(N)cc1NCCc1ccc(F)cc1. The molecule has 5 N–H and O–H groups in total. The number of amides is 1. The molecular weight excluding hydrogens is 257 g/mol. The quantitative estimate of drug-likeness (QED) is 0.730. The number of rotatable bonds is 5. The lowest BCUT2D eigenvalue weighted by Gasteiger charge is -2.11. The average molecular weight is 273 g/mol. The van der Waals surface area contributed by atoms with Crippen LogP contribution in [0.2, 0.25) is 0 Å². The lowest BCUT2D eigenvalue weighted by molar-refractivity contribution is 0.100. The number of carbonyl (C=O) groups excluding carboxylic acids is 1. The molecular formula is C15H16FN3O. The van der Waals surface area contributed by atoms with Crippen molar-refractivity contribution < 1.29 is 9.18 Å². The predicted octanol–water partition coefficient (Wildman–Crippen LogP) is 2.16. The van der Waals surface area contributed by atoms with Crippen molar-refractivity contribution in [1.82, 2.24) is 0 Å². The van der Waals surface area contributed by atoms with Crippen LogP contribution in [0.1, 0.15) is 15.9 Å². The molecule has 0 heterocycles. The van der Waals surface area contributed by atoms with Crippen LogP contribution in [0.15, 0.2) is 42.5 Å². The molecule has 104 valence electrons. The minimum atomic E-state index is -0.505. The minimum Gasteiger partial charge on any atom is -0.399 e. The lowest BCUT2D eigenvalue weighted by atomic mass is 10.1. The van der Waals surface area contributed by atoms with Gasteiger partial charge in [-0.1, -0.05) is 12.1 Å². The van der Waals surface area contributed by atoms with Crippen LogP contribution in [0, 0.1) is 5.82 Å². The number of benzene rings is 2. The fraction of sp³-hybridized carbons (Fsp3) is 0.133. The second kappa shape index (κ2) is 6.06. The van der Waals surface area contributed by atoms with Crippen molar-refractivity contribution in [2.24, 2.45) is 5.73 Å². The summed E-state index contributed by atoms with van der Waals surface area (Å²) in [5, 5.41) is 3.12. The van der Waals surface area contributed by atoms with Gasteiger partial charge >= 0.3 is 0 Å². The molecule has 1 amide bonds. The van der Waals surface area contributed by atoms with Crippen molar-refractivity contribution in [3.8, 4) is 0 Å². The van der Waals surface area contributed by atoms with Crippen LogP contribution in [0.5, 0.6) is 0 Å². The van der Waals surface area contributed by atoms with Crippen LogP contribution in [-0.4, -0.2) is 12.5 Å². The highest BCUT2D eigenvalue weighted by Gasteiger charge is 2.07. The van der Waals surface area contributed by atoms with Gasteiger partial charge in [-0.05, 0) is 42.3 Å². The molecule has 0 spiro atoms. The summed E-state index contributed by atoms with van der Waals surface area (Å²) in [5.74, 6) is -0.761. The first-order valence-corrected chi connectivity index (χ1v) is 6.24. The van der Waals surface area contributed by atoms with Gasteiger partial charge in [0.15, 0.2) is 0 Å². The molecule has 4 nitrogen and oxygen atoms in total. The summed E-state index contributed by atoms with van der Waals surface area (Å²) in [6.07, 6.45) is 0.702. The topological polar surface area (TPSA) is 81.1 Å². The monoisotopic (exact) mass is 273 g/mol. The van der Waals surface area contributed by atoms with E-state index < -0.39 is 5.91 Å². The highest BCUT2D eigenvalue weighted by Crippen LogP contribution is 2.18. The Balaban J connectivity index is 2.02. The van der Waals surface area contributed by atoms with E-state index in [4.69, 9.17) is 11.5 Å². The summed E-state index contributed by atoms with van der Waals surface area (Å²) in [5.41, 5.74) is 13.6. The number of hydrogen-bond donors (Lipinski definition) is 3. The van der Waals surface area contributed by atoms with Crippen LogP contribution >= 0.6 is 0 Å². The average Bonchev–Trinajstić information content (AvgIpc) is 2.41. The van der Waals surface area contributed by atoms with Gasteiger partial charge in [-0.3, -0.25) is 4.79 Å². The summed E-state index contributed by atoms with van der Waals surface area (Å²) in [7, 11) is 0. The van der Waals surface area contributed by atoms with Crippen molar-refractivity contribution in [3.63, 3.8) is 0 Å². The molecule has 2 aromatic rings. The third kappa shape index (κ3) is 3.47. The number of nitrogen functional groups attached to an aromatic ring is 1. The number of halogens is 1. The highest BCUT2D eigenvalue weighted by atomic mass is 19.1. The molecule has 0 aromatic heterocycles. The van der Waals surface area contributed by atoms with Crippen molar-refractivity contribution in [2.75, 3.05) is 17.6 Å². The first-order valence-electron chi connectivity index (χ1n) is 6.24. The summed E-state index contributed by atoms with van der Waals surface area (Å²) in [4.78, 5) is 11.3. The Hall–Kier alpha value is -2.56. The van der Waals surface area contributed by atoms with E-state index in [1.165, 1.54) is 12.1 Å². The molecule has 2 aromatic carbocycles. The highest BCUT2D eigenvalue weighted by molar-refractivity contribution is 5.99. The van der Waals surface area contributed by atoms with Crippen LogP contribution < -0.4 is 16.8 Å². The van der Waals surface area contributed by atoms with E-state index in [0.717, 1.165) is 5.56 Å². The van der Waals surface area contributed by atoms with Crippen LogP contribution in [0.3, 0.4) is 0 Å². The van der Waals surface area contributed by atoms with E-state index in [0.29, 0.717) is 29.9 Å². The molecule has 20 heavy (non-hydrogen) atoms. The van der Waals surface area contributed by atoms with Gasteiger partial charge in [-0.25, -0.2) is 4.39 Å². The summed E-state index contributed by atoms with van der Waals surface area (Å²) < 4.78 is 12.8. The van der Waals surface area contributed by atoms with Gasteiger partial charge in [-0.2, -0.15) is 0 Å².